The number of carbonyl (C=O) groups is 4. The van der Waals surface area contributed by atoms with Crippen LogP contribution in [0.1, 0.15) is 49.5 Å². The highest BCUT2D eigenvalue weighted by Crippen LogP contribution is 2.56. The van der Waals surface area contributed by atoms with Crippen LogP contribution in [0.5, 0.6) is 0 Å². The summed E-state index contributed by atoms with van der Waals surface area (Å²) in [6.45, 7) is 5.09. The Kier molecular flexibility index (Phi) is 8.00. The molecule has 1 fully saturated rings. The second kappa shape index (κ2) is 10.5. The van der Waals surface area contributed by atoms with Gasteiger partial charge in [-0.05, 0) is 55.0 Å². The zero-order chi connectivity index (χ0) is 26.8. The van der Waals surface area contributed by atoms with E-state index in [2.05, 4.69) is 10.6 Å². The molecule has 0 bridgehead atoms. The van der Waals surface area contributed by atoms with Crippen LogP contribution in [0.4, 0.5) is 5.69 Å². The Balaban J connectivity index is 1.68. The molecule has 1 aliphatic carbocycles. The number of amides is 2. The Hall–Kier alpha value is -3.10. The molecule has 192 valence electrons. The molecule has 0 aromatic heterocycles. The van der Waals surface area contributed by atoms with Crippen molar-refractivity contribution in [3.8, 4) is 0 Å². The summed E-state index contributed by atoms with van der Waals surface area (Å²) >= 11 is 12.2. The van der Waals surface area contributed by atoms with E-state index >= 15 is 0 Å². The summed E-state index contributed by atoms with van der Waals surface area (Å²) < 4.78 is 0. The van der Waals surface area contributed by atoms with E-state index < -0.39 is 46.5 Å². The number of carboxylic acid groups (broad SMARTS) is 2. The highest BCUT2D eigenvalue weighted by molar-refractivity contribution is 6.40. The number of anilines is 1. The van der Waals surface area contributed by atoms with Gasteiger partial charge in [-0.2, -0.15) is 0 Å². The molecular formula is C26H28Cl2N2O6. The van der Waals surface area contributed by atoms with Crippen LogP contribution >= 0.6 is 23.2 Å². The Labute approximate surface area is 219 Å². The normalized spacial score (nSPS) is 21.4. The second-order valence-corrected chi connectivity index (χ2v) is 10.6. The van der Waals surface area contributed by atoms with Crippen LogP contribution in [0.2, 0.25) is 10.0 Å². The molecule has 2 aromatic carbocycles. The predicted molar refractivity (Wildman–Crippen MR) is 136 cm³/mol. The van der Waals surface area contributed by atoms with E-state index in [9.17, 15) is 29.4 Å². The summed E-state index contributed by atoms with van der Waals surface area (Å²) in [5, 5.41) is 25.1. The van der Waals surface area contributed by atoms with Crippen molar-refractivity contribution in [1.29, 1.82) is 0 Å². The van der Waals surface area contributed by atoms with Crippen molar-refractivity contribution in [1.82, 2.24) is 5.32 Å². The number of aliphatic carboxylic acids is 2. The van der Waals surface area contributed by atoms with Crippen LogP contribution < -0.4 is 10.6 Å². The highest BCUT2D eigenvalue weighted by Gasteiger charge is 2.58. The van der Waals surface area contributed by atoms with Crippen LogP contribution in [0.15, 0.2) is 42.5 Å². The van der Waals surface area contributed by atoms with Crippen molar-refractivity contribution in [2.45, 2.75) is 46.1 Å². The molecule has 10 heteroatoms. The fourth-order valence-electron chi connectivity index (χ4n) is 4.68. The summed E-state index contributed by atoms with van der Waals surface area (Å²) in [4.78, 5) is 49.3. The van der Waals surface area contributed by atoms with Gasteiger partial charge in [0.05, 0.1) is 21.0 Å². The third kappa shape index (κ3) is 5.34. The zero-order valence-corrected chi connectivity index (χ0v) is 21.6. The van der Waals surface area contributed by atoms with Gasteiger partial charge >= 0.3 is 11.9 Å². The Morgan fingerprint density at radius 3 is 2.08 bits per heavy atom. The molecule has 1 aliphatic rings. The molecular weight excluding hydrogens is 507 g/mol. The minimum atomic E-state index is -1.20. The molecule has 1 unspecified atom stereocenters. The van der Waals surface area contributed by atoms with Crippen molar-refractivity contribution in [2.24, 2.45) is 16.7 Å². The van der Waals surface area contributed by atoms with Crippen LogP contribution in [0, 0.1) is 16.7 Å². The van der Waals surface area contributed by atoms with Gasteiger partial charge in [-0.1, -0.05) is 55.2 Å². The molecule has 2 aromatic rings. The number of hydrogen-bond donors (Lipinski definition) is 4. The van der Waals surface area contributed by atoms with Crippen LogP contribution in [0.25, 0.3) is 0 Å². The van der Waals surface area contributed by atoms with Crippen molar-refractivity contribution >= 4 is 52.6 Å². The number of halogens is 2. The molecule has 3 atom stereocenters. The minimum absolute atomic E-state index is 0.00892. The van der Waals surface area contributed by atoms with Gasteiger partial charge in [0.25, 0.3) is 5.91 Å². The highest BCUT2D eigenvalue weighted by atomic mass is 35.5. The van der Waals surface area contributed by atoms with Gasteiger partial charge in [-0.15, -0.1) is 0 Å². The lowest BCUT2D eigenvalue weighted by Crippen LogP contribution is -2.49. The van der Waals surface area contributed by atoms with Gasteiger partial charge in [0.15, 0.2) is 0 Å². The first-order chi connectivity index (χ1) is 16.8. The lowest BCUT2D eigenvalue weighted by molar-refractivity contribution is -0.155. The fraction of sp³-hybridized carbons (Fsp3) is 0.385. The van der Waals surface area contributed by atoms with Crippen molar-refractivity contribution in [3.63, 3.8) is 0 Å². The largest absolute Gasteiger partial charge is 0.481 e. The summed E-state index contributed by atoms with van der Waals surface area (Å²) in [6, 6.07) is 10.1. The minimum Gasteiger partial charge on any atom is -0.481 e. The van der Waals surface area contributed by atoms with E-state index in [0.29, 0.717) is 24.1 Å². The maximum atomic E-state index is 13.0. The molecule has 1 saturated carbocycles. The standard InChI is InChI=1S/C26H28Cl2N2O6/c1-25(2)16(11-12-26(25,3)24(35)36)21(31)30-19(23(33)34)13-14-7-9-15(10-8-14)29-22(32)20-17(27)5-4-6-18(20)28/h4-10,16,19H,11-13H2,1-3H3,(H,29,32)(H,30,31)(H,33,34)(H,35,36)/t16-,19?,26+/m1/s1. The molecule has 0 spiro atoms. The first kappa shape index (κ1) is 27.5. The SMILES string of the molecule is CC1(C)[C@@H](C(=O)NC(Cc2ccc(NC(=O)c3c(Cl)cccc3Cl)cc2)C(=O)O)CC[C@@]1(C)C(=O)O. The number of rotatable bonds is 8. The molecule has 0 radical (unpaired) electrons. The molecule has 8 nitrogen and oxygen atoms in total. The number of benzene rings is 2. The van der Waals surface area contributed by atoms with Gasteiger partial charge in [-0.25, -0.2) is 4.79 Å². The molecule has 0 aliphatic heterocycles. The molecule has 0 saturated heterocycles. The molecule has 4 N–H and O–H groups in total. The van der Waals surface area contributed by atoms with Gasteiger partial charge in [0.2, 0.25) is 5.91 Å². The van der Waals surface area contributed by atoms with Crippen LogP contribution in [-0.2, 0) is 20.8 Å². The topological polar surface area (TPSA) is 133 Å². The third-order valence-corrected chi connectivity index (χ3v) is 8.10. The number of carboxylic acids is 2. The Bertz CT molecular complexity index is 1180. The third-order valence-electron chi connectivity index (χ3n) is 7.47. The smallest absolute Gasteiger partial charge is 0.326 e. The van der Waals surface area contributed by atoms with Gasteiger partial charge < -0.3 is 20.8 Å². The quantitative estimate of drug-likeness (QED) is 0.381. The van der Waals surface area contributed by atoms with Crippen molar-refractivity contribution in [3.05, 3.63) is 63.6 Å². The first-order valence-electron chi connectivity index (χ1n) is 11.4. The maximum Gasteiger partial charge on any atom is 0.326 e. The monoisotopic (exact) mass is 534 g/mol. The number of hydrogen-bond acceptors (Lipinski definition) is 4. The predicted octanol–water partition coefficient (Wildman–Crippen LogP) is 4.88. The summed E-state index contributed by atoms with van der Waals surface area (Å²) in [5.41, 5.74) is -0.709. The molecule has 0 heterocycles. The summed E-state index contributed by atoms with van der Waals surface area (Å²) in [6.07, 6.45) is 0.699. The molecule has 2 amide bonds. The van der Waals surface area contributed by atoms with E-state index in [-0.39, 0.29) is 22.0 Å². The zero-order valence-electron chi connectivity index (χ0n) is 20.1. The van der Waals surface area contributed by atoms with E-state index in [4.69, 9.17) is 23.2 Å². The molecule has 3 rings (SSSR count). The lowest BCUT2D eigenvalue weighted by Gasteiger charge is -2.38. The van der Waals surface area contributed by atoms with Gasteiger partial charge in [-0.3, -0.25) is 14.4 Å². The lowest BCUT2D eigenvalue weighted by atomic mass is 9.65. The van der Waals surface area contributed by atoms with E-state index in [0.717, 1.165) is 0 Å². The summed E-state index contributed by atoms with van der Waals surface area (Å²) in [7, 11) is 0. The van der Waals surface area contributed by atoms with Crippen LogP contribution in [0.3, 0.4) is 0 Å². The number of carbonyl (C=O) groups excluding carboxylic acids is 2. The number of nitrogens with one attached hydrogen (secondary N) is 2. The van der Waals surface area contributed by atoms with Crippen LogP contribution in [-0.4, -0.2) is 40.0 Å². The first-order valence-corrected chi connectivity index (χ1v) is 12.1. The average Bonchev–Trinajstić information content (AvgIpc) is 3.04. The molecule has 36 heavy (non-hydrogen) atoms. The second-order valence-electron chi connectivity index (χ2n) is 9.80. The van der Waals surface area contributed by atoms with Crippen molar-refractivity contribution in [2.75, 3.05) is 5.32 Å². The van der Waals surface area contributed by atoms with Gasteiger partial charge in [0.1, 0.15) is 6.04 Å². The average molecular weight is 535 g/mol. The maximum absolute atomic E-state index is 13.0. The van der Waals surface area contributed by atoms with E-state index in [1.54, 1.807) is 63.2 Å². The fourth-order valence-corrected chi connectivity index (χ4v) is 5.25. The van der Waals surface area contributed by atoms with E-state index in [1.165, 1.54) is 0 Å². The Morgan fingerprint density at radius 2 is 1.58 bits per heavy atom. The van der Waals surface area contributed by atoms with Crippen molar-refractivity contribution < 1.29 is 29.4 Å². The van der Waals surface area contributed by atoms with Gasteiger partial charge in [0, 0.05) is 18.0 Å². The summed E-state index contributed by atoms with van der Waals surface area (Å²) in [5.74, 6) is -3.76. The van der Waals surface area contributed by atoms with E-state index in [1.807, 2.05) is 0 Å². The Morgan fingerprint density at radius 1 is 1.00 bits per heavy atom.